The Bertz CT molecular complexity index is 362. The fraction of sp³-hybridized carbons (Fsp3) is 0.941. The quantitative estimate of drug-likeness (QED) is 0.727. The Hall–Kier alpha value is -0.810. The highest BCUT2D eigenvalue weighted by atomic mass is 16.3. The van der Waals surface area contributed by atoms with Crippen LogP contribution in [0.25, 0.3) is 0 Å². The molecule has 5 nitrogen and oxygen atoms in total. The van der Waals surface area contributed by atoms with E-state index >= 15 is 0 Å². The van der Waals surface area contributed by atoms with E-state index in [0.717, 1.165) is 32.4 Å². The first-order valence-electron chi connectivity index (χ1n) is 8.95. The summed E-state index contributed by atoms with van der Waals surface area (Å²) in [4.78, 5) is 14.0. The summed E-state index contributed by atoms with van der Waals surface area (Å²) < 4.78 is 0. The molecule has 2 rings (SSSR count). The van der Waals surface area contributed by atoms with Crippen molar-refractivity contribution < 1.29 is 9.90 Å². The molecule has 0 aromatic heterocycles. The van der Waals surface area contributed by atoms with Gasteiger partial charge in [-0.3, -0.25) is 4.90 Å². The van der Waals surface area contributed by atoms with E-state index in [0.29, 0.717) is 23.9 Å². The first-order valence-corrected chi connectivity index (χ1v) is 8.95. The molecule has 3 unspecified atom stereocenters. The third-order valence-corrected chi connectivity index (χ3v) is 5.55. The summed E-state index contributed by atoms with van der Waals surface area (Å²) in [7, 11) is 1.66. The van der Waals surface area contributed by atoms with Gasteiger partial charge in [-0.2, -0.15) is 0 Å². The van der Waals surface area contributed by atoms with Gasteiger partial charge in [0.2, 0.25) is 0 Å². The average Bonchev–Trinajstić information content (AvgIpc) is 2.90. The molecule has 0 bridgehead atoms. The SMILES string of the molecule is CCC1CCN(C[C@H]2CCC[C@@H](NC(=O)NC)C2)C1C(C)O. The van der Waals surface area contributed by atoms with Gasteiger partial charge < -0.3 is 15.7 Å². The minimum Gasteiger partial charge on any atom is -0.392 e. The van der Waals surface area contributed by atoms with E-state index in [1.54, 1.807) is 7.05 Å². The molecule has 2 amide bonds. The van der Waals surface area contributed by atoms with E-state index in [2.05, 4.69) is 22.5 Å². The highest BCUT2D eigenvalue weighted by Gasteiger charge is 2.37. The van der Waals surface area contributed by atoms with Crippen LogP contribution in [0.1, 0.15) is 52.4 Å². The van der Waals surface area contributed by atoms with Gasteiger partial charge in [0.25, 0.3) is 0 Å². The molecule has 1 saturated carbocycles. The van der Waals surface area contributed by atoms with Crippen molar-refractivity contribution in [3.63, 3.8) is 0 Å². The number of aliphatic hydroxyl groups excluding tert-OH is 1. The predicted molar refractivity (Wildman–Crippen MR) is 88.8 cm³/mol. The van der Waals surface area contributed by atoms with E-state index in [4.69, 9.17) is 0 Å². The van der Waals surface area contributed by atoms with Crippen molar-refractivity contribution >= 4 is 6.03 Å². The summed E-state index contributed by atoms with van der Waals surface area (Å²) in [6, 6.07) is 0.547. The van der Waals surface area contributed by atoms with Crippen molar-refractivity contribution in [3.8, 4) is 0 Å². The molecule has 1 aliphatic carbocycles. The van der Waals surface area contributed by atoms with Crippen LogP contribution in [-0.4, -0.2) is 54.4 Å². The number of carbonyl (C=O) groups is 1. The molecule has 0 aromatic carbocycles. The lowest BCUT2D eigenvalue weighted by Gasteiger charge is -2.36. The molecule has 0 radical (unpaired) electrons. The van der Waals surface area contributed by atoms with Gasteiger partial charge in [0, 0.05) is 25.7 Å². The zero-order valence-corrected chi connectivity index (χ0v) is 14.3. The van der Waals surface area contributed by atoms with Gasteiger partial charge in [-0.1, -0.05) is 19.8 Å². The average molecular weight is 311 g/mol. The zero-order chi connectivity index (χ0) is 16.1. The summed E-state index contributed by atoms with van der Waals surface area (Å²) in [5, 5.41) is 15.9. The molecule has 1 saturated heterocycles. The van der Waals surface area contributed by atoms with Crippen LogP contribution in [0.15, 0.2) is 0 Å². The van der Waals surface area contributed by atoms with Crippen LogP contribution in [0.3, 0.4) is 0 Å². The Labute approximate surface area is 134 Å². The molecule has 2 aliphatic rings. The van der Waals surface area contributed by atoms with Crippen molar-refractivity contribution in [1.82, 2.24) is 15.5 Å². The maximum atomic E-state index is 11.5. The molecule has 0 aromatic rings. The van der Waals surface area contributed by atoms with Crippen molar-refractivity contribution in [3.05, 3.63) is 0 Å². The second-order valence-corrected chi connectivity index (χ2v) is 7.14. The van der Waals surface area contributed by atoms with Gasteiger partial charge in [0.15, 0.2) is 0 Å². The molecular formula is C17H33N3O2. The third kappa shape index (κ3) is 4.35. The van der Waals surface area contributed by atoms with E-state index in [1.165, 1.54) is 19.3 Å². The summed E-state index contributed by atoms with van der Waals surface area (Å²) in [6.07, 6.45) is 6.68. The molecule has 3 N–H and O–H groups in total. The van der Waals surface area contributed by atoms with Gasteiger partial charge in [-0.05, 0) is 51.0 Å². The molecule has 5 atom stereocenters. The van der Waals surface area contributed by atoms with Crippen LogP contribution >= 0.6 is 0 Å². The monoisotopic (exact) mass is 311 g/mol. The van der Waals surface area contributed by atoms with Crippen LogP contribution in [0, 0.1) is 11.8 Å². The zero-order valence-electron chi connectivity index (χ0n) is 14.3. The van der Waals surface area contributed by atoms with Crippen LogP contribution < -0.4 is 10.6 Å². The van der Waals surface area contributed by atoms with Crippen molar-refractivity contribution in [2.45, 2.75) is 70.6 Å². The van der Waals surface area contributed by atoms with Crippen LogP contribution in [0.4, 0.5) is 4.79 Å². The van der Waals surface area contributed by atoms with Crippen molar-refractivity contribution in [2.75, 3.05) is 20.1 Å². The highest BCUT2D eigenvalue weighted by molar-refractivity contribution is 5.73. The lowest BCUT2D eigenvalue weighted by Crippen LogP contribution is -2.46. The number of urea groups is 1. The molecule has 128 valence electrons. The number of hydrogen-bond donors (Lipinski definition) is 3. The summed E-state index contributed by atoms with van der Waals surface area (Å²) in [5.41, 5.74) is 0. The second kappa shape index (κ2) is 8.16. The molecule has 22 heavy (non-hydrogen) atoms. The standard InChI is InChI=1S/C17H33N3O2/c1-4-14-8-9-20(16(14)12(2)21)11-13-6-5-7-15(10-13)19-17(22)18-3/h12-16,21H,4-11H2,1-3H3,(H2,18,19,22)/t12?,13-,14?,15+,16?/m0/s1. The van der Waals surface area contributed by atoms with Gasteiger partial charge in [0.1, 0.15) is 0 Å². The van der Waals surface area contributed by atoms with E-state index < -0.39 is 0 Å². The second-order valence-electron chi connectivity index (χ2n) is 7.14. The number of nitrogens with zero attached hydrogens (tertiary/aromatic N) is 1. The topological polar surface area (TPSA) is 64.6 Å². The lowest BCUT2D eigenvalue weighted by atomic mass is 9.85. The third-order valence-electron chi connectivity index (χ3n) is 5.55. The van der Waals surface area contributed by atoms with Crippen molar-refractivity contribution in [1.29, 1.82) is 0 Å². The smallest absolute Gasteiger partial charge is 0.314 e. The number of nitrogens with one attached hydrogen (secondary N) is 2. The largest absolute Gasteiger partial charge is 0.392 e. The van der Waals surface area contributed by atoms with E-state index in [-0.39, 0.29) is 12.1 Å². The molecule has 0 spiro atoms. The normalized spacial score (nSPS) is 34.4. The maximum Gasteiger partial charge on any atom is 0.314 e. The molecular weight excluding hydrogens is 278 g/mol. The van der Waals surface area contributed by atoms with E-state index in [1.807, 2.05) is 6.92 Å². The number of rotatable bonds is 5. The Balaban J connectivity index is 1.88. The number of likely N-dealkylation sites (tertiary alicyclic amines) is 1. The molecule has 1 heterocycles. The number of aliphatic hydroxyl groups is 1. The van der Waals surface area contributed by atoms with Crippen LogP contribution in [-0.2, 0) is 0 Å². The predicted octanol–water partition coefficient (Wildman–Crippen LogP) is 1.96. The van der Waals surface area contributed by atoms with E-state index in [9.17, 15) is 9.90 Å². The fourth-order valence-electron chi connectivity index (χ4n) is 4.48. The minimum atomic E-state index is -0.254. The number of hydrogen-bond acceptors (Lipinski definition) is 3. The summed E-state index contributed by atoms with van der Waals surface area (Å²) in [5.74, 6) is 1.26. The molecule has 5 heteroatoms. The Kier molecular flexibility index (Phi) is 6.50. The molecule has 2 fully saturated rings. The van der Waals surface area contributed by atoms with Gasteiger partial charge in [-0.15, -0.1) is 0 Å². The van der Waals surface area contributed by atoms with Crippen LogP contribution in [0.5, 0.6) is 0 Å². The molecule has 1 aliphatic heterocycles. The van der Waals surface area contributed by atoms with Crippen LogP contribution in [0.2, 0.25) is 0 Å². The minimum absolute atomic E-state index is 0.0697. The van der Waals surface area contributed by atoms with Gasteiger partial charge >= 0.3 is 6.03 Å². The maximum absolute atomic E-state index is 11.5. The summed E-state index contributed by atoms with van der Waals surface area (Å²) >= 11 is 0. The van der Waals surface area contributed by atoms with Gasteiger partial charge in [0.05, 0.1) is 6.10 Å². The Morgan fingerprint density at radius 3 is 2.77 bits per heavy atom. The fourth-order valence-corrected chi connectivity index (χ4v) is 4.48. The lowest BCUT2D eigenvalue weighted by molar-refractivity contribution is 0.0520. The first kappa shape index (κ1) is 17.5. The number of carbonyl (C=O) groups excluding carboxylic acids is 1. The first-order chi connectivity index (χ1) is 10.5. The summed E-state index contributed by atoms with van der Waals surface area (Å²) in [6.45, 7) is 6.34. The van der Waals surface area contributed by atoms with Gasteiger partial charge in [-0.25, -0.2) is 4.79 Å². The van der Waals surface area contributed by atoms with Crippen molar-refractivity contribution in [2.24, 2.45) is 11.8 Å². The Morgan fingerprint density at radius 2 is 2.14 bits per heavy atom. The number of amides is 2. The Morgan fingerprint density at radius 1 is 1.36 bits per heavy atom. The highest BCUT2D eigenvalue weighted by Crippen LogP contribution is 2.33.